The molecule has 2 aromatic heterocycles. The van der Waals surface area contributed by atoms with Crippen LogP contribution in [0, 0.1) is 0 Å². The molecule has 0 saturated carbocycles. The summed E-state index contributed by atoms with van der Waals surface area (Å²) in [5, 5.41) is 10.9. The van der Waals surface area contributed by atoms with Crippen molar-refractivity contribution in [3.05, 3.63) is 68.2 Å². The Balaban J connectivity index is 1.68. The van der Waals surface area contributed by atoms with E-state index in [-0.39, 0.29) is 11.5 Å². The predicted octanol–water partition coefficient (Wildman–Crippen LogP) is 1.26. The van der Waals surface area contributed by atoms with Gasteiger partial charge in [0.2, 0.25) is 0 Å². The lowest BCUT2D eigenvalue weighted by Crippen LogP contribution is -2.35. The molecule has 0 bridgehead atoms. The highest BCUT2D eigenvalue weighted by molar-refractivity contribution is 6.30. The maximum Gasteiger partial charge on any atom is 0.279 e. The van der Waals surface area contributed by atoms with Crippen LogP contribution in [0.5, 0.6) is 0 Å². The molecular formula is C18H18ClN5O2. The van der Waals surface area contributed by atoms with Crippen molar-refractivity contribution < 1.29 is 4.79 Å². The smallest absolute Gasteiger partial charge is 0.279 e. The highest BCUT2D eigenvalue weighted by Crippen LogP contribution is 2.16. The molecule has 0 radical (unpaired) electrons. The highest BCUT2D eigenvalue weighted by atomic mass is 35.5. The first kappa shape index (κ1) is 16.8. The van der Waals surface area contributed by atoms with Gasteiger partial charge in [0.05, 0.1) is 11.8 Å². The van der Waals surface area contributed by atoms with E-state index in [4.69, 9.17) is 11.6 Å². The van der Waals surface area contributed by atoms with Crippen LogP contribution >= 0.6 is 11.6 Å². The second-order valence-corrected chi connectivity index (χ2v) is 6.76. The van der Waals surface area contributed by atoms with E-state index in [0.717, 1.165) is 24.2 Å². The first-order valence-electron chi connectivity index (χ1n) is 8.38. The first-order chi connectivity index (χ1) is 12.6. The summed E-state index contributed by atoms with van der Waals surface area (Å²) >= 11 is 5.88. The molecular weight excluding hydrogens is 354 g/mol. The molecule has 0 atom stereocenters. The van der Waals surface area contributed by atoms with Gasteiger partial charge in [-0.05, 0) is 17.7 Å². The van der Waals surface area contributed by atoms with Crippen molar-refractivity contribution in [2.24, 2.45) is 7.05 Å². The number of amides is 1. The van der Waals surface area contributed by atoms with Gasteiger partial charge in [-0.15, -0.1) is 0 Å². The lowest BCUT2D eigenvalue weighted by molar-refractivity contribution is 0.0952. The van der Waals surface area contributed by atoms with Crippen LogP contribution in [-0.2, 0) is 26.6 Å². The van der Waals surface area contributed by atoms with Gasteiger partial charge in [0, 0.05) is 43.8 Å². The lowest BCUT2D eigenvalue weighted by Gasteiger charge is -2.20. The number of fused-ring (bicyclic) bond motifs is 2. The molecule has 0 spiro atoms. The monoisotopic (exact) mass is 371 g/mol. The Hall–Kier alpha value is -2.64. The SMILES string of the molecule is Cn1c2c(c(=O)n3ncc(C(=O)NCc4ccc(Cl)cc4)c13)CNCC2. The van der Waals surface area contributed by atoms with Gasteiger partial charge >= 0.3 is 0 Å². The summed E-state index contributed by atoms with van der Waals surface area (Å²) in [4.78, 5) is 25.3. The second kappa shape index (κ2) is 6.59. The molecule has 3 aromatic rings. The topological polar surface area (TPSA) is 80.4 Å². The van der Waals surface area contributed by atoms with E-state index < -0.39 is 0 Å². The van der Waals surface area contributed by atoms with Gasteiger partial charge < -0.3 is 15.2 Å². The summed E-state index contributed by atoms with van der Waals surface area (Å²) in [6.45, 7) is 1.70. The zero-order valence-electron chi connectivity index (χ0n) is 14.3. The van der Waals surface area contributed by atoms with Crippen LogP contribution in [0.2, 0.25) is 5.02 Å². The number of carbonyl (C=O) groups is 1. The van der Waals surface area contributed by atoms with E-state index in [0.29, 0.717) is 34.9 Å². The zero-order chi connectivity index (χ0) is 18.3. The molecule has 1 aromatic carbocycles. The Morgan fingerprint density at radius 3 is 2.88 bits per heavy atom. The zero-order valence-corrected chi connectivity index (χ0v) is 15.0. The molecule has 3 heterocycles. The molecule has 26 heavy (non-hydrogen) atoms. The standard InChI is InChI=1S/C18H18ClN5O2/c1-23-15-6-7-20-9-13(15)18(26)24-17(23)14(10-22-24)16(25)21-8-11-2-4-12(19)5-3-11/h2-5,10,20H,6-9H2,1H3,(H,21,25). The Bertz CT molecular complexity index is 1050. The van der Waals surface area contributed by atoms with Gasteiger partial charge in [0.15, 0.2) is 5.65 Å². The van der Waals surface area contributed by atoms with Gasteiger partial charge in [-0.3, -0.25) is 9.59 Å². The highest BCUT2D eigenvalue weighted by Gasteiger charge is 2.23. The lowest BCUT2D eigenvalue weighted by atomic mass is 10.1. The number of hydrogen-bond donors (Lipinski definition) is 2. The number of rotatable bonds is 3. The molecule has 1 aliphatic heterocycles. The Morgan fingerprint density at radius 2 is 2.12 bits per heavy atom. The predicted molar refractivity (Wildman–Crippen MR) is 98.5 cm³/mol. The van der Waals surface area contributed by atoms with Crippen LogP contribution in [-0.4, -0.2) is 26.6 Å². The van der Waals surface area contributed by atoms with Crippen LogP contribution in [0.15, 0.2) is 35.3 Å². The third-order valence-electron chi connectivity index (χ3n) is 4.72. The van der Waals surface area contributed by atoms with Crippen molar-refractivity contribution in [1.82, 2.24) is 24.8 Å². The molecule has 0 saturated heterocycles. The fraction of sp³-hybridized carbons (Fsp3) is 0.278. The van der Waals surface area contributed by atoms with Crippen molar-refractivity contribution in [2.45, 2.75) is 19.5 Å². The van der Waals surface area contributed by atoms with E-state index >= 15 is 0 Å². The molecule has 134 valence electrons. The van der Waals surface area contributed by atoms with E-state index in [2.05, 4.69) is 15.7 Å². The largest absolute Gasteiger partial charge is 0.348 e. The maximum absolute atomic E-state index is 12.7. The van der Waals surface area contributed by atoms with Gasteiger partial charge in [-0.2, -0.15) is 9.61 Å². The van der Waals surface area contributed by atoms with Crippen molar-refractivity contribution in [2.75, 3.05) is 6.54 Å². The van der Waals surface area contributed by atoms with Crippen molar-refractivity contribution in [1.29, 1.82) is 0 Å². The Kier molecular flexibility index (Phi) is 4.26. The Labute approximate surface area is 154 Å². The fourth-order valence-electron chi connectivity index (χ4n) is 3.35. The molecule has 1 aliphatic rings. The fourth-order valence-corrected chi connectivity index (χ4v) is 3.48. The summed E-state index contributed by atoms with van der Waals surface area (Å²) in [5.74, 6) is -0.265. The molecule has 0 fully saturated rings. The van der Waals surface area contributed by atoms with Crippen LogP contribution in [0.25, 0.3) is 5.65 Å². The van der Waals surface area contributed by atoms with Gasteiger partial charge in [0.1, 0.15) is 5.56 Å². The van der Waals surface area contributed by atoms with Crippen molar-refractivity contribution >= 4 is 23.2 Å². The van der Waals surface area contributed by atoms with Crippen LogP contribution in [0.3, 0.4) is 0 Å². The molecule has 0 unspecified atom stereocenters. The molecule has 0 aliphatic carbocycles. The summed E-state index contributed by atoms with van der Waals surface area (Å²) < 4.78 is 3.21. The van der Waals surface area contributed by atoms with E-state index in [1.807, 2.05) is 23.7 Å². The quantitative estimate of drug-likeness (QED) is 0.726. The summed E-state index contributed by atoms with van der Waals surface area (Å²) in [7, 11) is 1.87. The van der Waals surface area contributed by atoms with Gasteiger partial charge in [0.25, 0.3) is 11.5 Å². The minimum atomic E-state index is -0.265. The Morgan fingerprint density at radius 1 is 1.35 bits per heavy atom. The van der Waals surface area contributed by atoms with Gasteiger partial charge in [-0.1, -0.05) is 23.7 Å². The number of carbonyl (C=O) groups excluding carboxylic acids is 1. The molecule has 7 nitrogen and oxygen atoms in total. The summed E-state index contributed by atoms with van der Waals surface area (Å²) in [6, 6.07) is 7.28. The number of aromatic nitrogens is 3. The third kappa shape index (κ3) is 2.79. The average molecular weight is 372 g/mol. The summed E-state index contributed by atoms with van der Waals surface area (Å²) in [6.07, 6.45) is 2.20. The minimum absolute atomic E-state index is 0.169. The average Bonchev–Trinajstić information content (AvgIpc) is 3.11. The minimum Gasteiger partial charge on any atom is -0.348 e. The number of nitrogens with zero attached hydrogens (tertiary/aromatic N) is 3. The third-order valence-corrected chi connectivity index (χ3v) is 4.97. The van der Waals surface area contributed by atoms with E-state index in [1.54, 1.807) is 12.1 Å². The molecule has 1 amide bonds. The molecule has 4 rings (SSSR count). The van der Waals surface area contributed by atoms with E-state index in [1.165, 1.54) is 10.7 Å². The number of nitrogens with one attached hydrogen (secondary N) is 2. The molecule has 2 N–H and O–H groups in total. The first-order valence-corrected chi connectivity index (χ1v) is 8.76. The van der Waals surface area contributed by atoms with Crippen molar-refractivity contribution in [3.8, 4) is 0 Å². The normalized spacial score (nSPS) is 13.6. The van der Waals surface area contributed by atoms with Gasteiger partial charge in [-0.25, -0.2) is 0 Å². The second-order valence-electron chi connectivity index (χ2n) is 6.32. The molecule has 8 heteroatoms. The number of hydrogen-bond acceptors (Lipinski definition) is 4. The summed E-state index contributed by atoms with van der Waals surface area (Å²) in [5.41, 5.74) is 3.34. The van der Waals surface area contributed by atoms with Crippen LogP contribution in [0.4, 0.5) is 0 Å². The van der Waals surface area contributed by atoms with Crippen LogP contribution in [0.1, 0.15) is 27.2 Å². The van der Waals surface area contributed by atoms with Crippen LogP contribution < -0.4 is 16.2 Å². The maximum atomic E-state index is 12.7. The van der Waals surface area contributed by atoms with E-state index in [9.17, 15) is 9.59 Å². The number of halogens is 1. The number of aryl methyl sites for hydroxylation is 1. The van der Waals surface area contributed by atoms with Crippen molar-refractivity contribution in [3.63, 3.8) is 0 Å². The number of benzene rings is 1.